The van der Waals surface area contributed by atoms with Crippen molar-refractivity contribution >= 4 is 6.41 Å². The molecule has 1 aromatic rings. The first-order valence-electron chi connectivity index (χ1n) is 3.09. The second-order valence-electron chi connectivity index (χ2n) is 1.65. The average Bonchev–Trinajstić information content (AvgIpc) is 2.08. The summed E-state index contributed by atoms with van der Waals surface area (Å²) in [5.74, 6) is 0.910. The van der Waals surface area contributed by atoms with Gasteiger partial charge in [0.1, 0.15) is 5.75 Å². The number of ether oxygens (including phenoxy) is 1. The Kier molecular flexibility index (Phi) is 5.70. The van der Waals surface area contributed by atoms with Crippen molar-refractivity contribution in [2.24, 2.45) is 5.73 Å². The Morgan fingerprint density at radius 2 is 1.82 bits per heavy atom. The summed E-state index contributed by atoms with van der Waals surface area (Å²) in [4.78, 5) is 8.58. The van der Waals surface area contributed by atoms with Gasteiger partial charge in [0.2, 0.25) is 6.41 Å². The van der Waals surface area contributed by atoms with Crippen LogP contribution in [0.15, 0.2) is 30.3 Å². The standard InChI is InChI=1S/C7H8O.CH3NO/c1-8-7-5-3-2-4-6-7;2-1-3/h2-6H,1H3;1H,(H2,2,3). The van der Waals surface area contributed by atoms with E-state index in [1.165, 1.54) is 0 Å². The Morgan fingerprint density at radius 3 is 2.09 bits per heavy atom. The van der Waals surface area contributed by atoms with E-state index in [0.717, 1.165) is 5.75 Å². The first kappa shape index (κ1) is 9.49. The van der Waals surface area contributed by atoms with Crippen LogP contribution >= 0.6 is 0 Å². The van der Waals surface area contributed by atoms with Gasteiger partial charge in [-0.3, -0.25) is 4.79 Å². The number of nitrogens with two attached hydrogens (primary N) is 1. The molecular formula is C8H11NO2. The maximum absolute atomic E-state index is 8.58. The zero-order valence-corrected chi connectivity index (χ0v) is 6.36. The number of methoxy groups -OCH3 is 1. The van der Waals surface area contributed by atoms with Crippen LogP contribution in [0.25, 0.3) is 0 Å². The van der Waals surface area contributed by atoms with Crippen LogP contribution in [0.4, 0.5) is 0 Å². The van der Waals surface area contributed by atoms with E-state index in [4.69, 9.17) is 9.53 Å². The van der Waals surface area contributed by atoms with Crippen LogP contribution in [-0.2, 0) is 4.79 Å². The molecule has 0 fully saturated rings. The molecule has 0 aliphatic carbocycles. The van der Waals surface area contributed by atoms with Crippen molar-refractivity contribution in [3.05, 3.63) is 30.3 Å². The van der Waals surface area contributed by atoms with Crippen LogP contribution in [0.1, 0.15) is 0 Å². The number of amides is 1. The highest BCUT2D eigenvalue weighted by atomic mass is 16.5. The van der Waals surface area contributed by atoms with Gasteiger partial charge in [0.25, 0.3) is 0 Å². The average molecular weight is 153 g/mol. The topological polar surface area (TPSA) is 52.3 Å². The SMILES string of the molecule is COc1ccccc1.NC=O. The van der Waals surface area contributed by atoms with E-state index in [1.54, 1.807) is 7.11 Å². The van der Waals surface area contributed by atoms with Crippen molar-refractivity contribution < 1.29 is 9.53 Å². The number of primary amides is 1. The van der Waals surface area contributed by atoms with Crippen LogP contribution in [0.2, 0.25) is 0 Å². The maximum atomic E-state index is 8.58. The first-order chi connectivity index (χ1) is 5.35. The molecule has 1 aromatic carbocycles. The molecule has 2 N–H and O–H groups in total. The molecule has 0 bridgehead atoms. The normalized spacial score (nSPS) is 7.36. The van der Waals surface area contributed by atoms with Crippen LogP contribution in [-0.4, -0.2) is 13.5 Å². The van der Waals surface area contributed by atoms with Gasteiger partial charge in [-0.05, 0) is 12.1 Å². The molecular weight excluding hydrogens is 142 g/mol. The predicted molar refractivity (Wildman–Crippen MR) is 43.2 cm³/mol. The number of benzene rings is 1. The summed E-state index contributed by atoms with van der Waals surface area (Å²) in [6, 6.07) is 9.68. The lowest BCUT2D eigenvalue weighted by molar-refractivity contribution is -0.106. The number of hydrogen-bond acceptors (Lipinski definition) is 2. The van der Waals surface area contributed by atoms with Crippen molar-refractivity contribution in [3.8, 4) is 5.75 Å². The van der Waals surface area contributed by atoms with Gasteiger partial charge in [-0.1, -0.05) is 18.2 Å². The third-order valence-electron chi connectivity index (χ3n) is 0.979. The summed E-state index contributed by atoms with van der Waals surface area (Å²) < 4.78 is 4.91. The smallest absolute Gasteiger partial charge is 0.204 e. The minimum absolute atomic E-state index is 0.250. The molecule has 0 heterocycles. The second-order valence-corrected chi connectivity index (χ2v) is 1.65. The highest BCUT2D eigenvalue weighted by Crippen LogP contribution is 2.05. The van der Waals surface area contributed by atoms with E-state index < -0.39 is 0 Å². The lowest BCUT2D eigenvalue weighted by atomic mass is 10.3. The van der Waals surface area contributed by atoms with Gasteiger partial charge >= 0.3 is 0 Å². The number of rotatable bonds is 1. The molecule has 0 saturated carbocycles. The monoisotopic (exact) mass is 153 g/mol. The van der Waals surface area contributed by atoms with Crippen molar-refractivity contribution in [3.63, 3.8) is 0 Å². The Balaban J connectivity index is 0.000000292. The van der Waals surface area contributed by atoms with Crippen molar-refractivity contribution in [2.45, 2.75) is 0 Å². The van der Waals surface area contributed by atoms with Crippen molar-refractivity contribution in [1.82, 2.24) is 0 Å². The molecule has 0 atom stereocenters. The minimum Gasteiger partial charge on any atom is -0.497 e. The lowest BCUT2D eigenvalue weighted by Gasteiger charge is -1.93. The number of hydrogen-bond donors (Lipinski definition) is 1. The quantitative estimate of drug-likeness (QED) is 0.606. The van der Waals surface area contributed by atoms with Crippen LogP contribution in [0.5, 0.6) is 5.75 Å². The van der Waals surface area contributed by atoms with E-state index in [-0.39, 0.29) is 6.41 Å². The van der Waals surface area contributed by atoms with Crippen molar-refractivity contribution in [2.75, 3.05) is 7.11 Å². The molecule has 0 aromatic heterocycles. The molecule has 0 radical (unpaired) electrons. The highest BCUT2D eigenvalue weighted by Gasteiger charge is 1.80. The van der Waals surface area contributed by atoms with E-state index in [0.29, 0.717) is 0 Å². The molecule has 0 spiro atoms. The molecule has 1 rings (SSSR count). The largest absolute Gasteiger partial charge is 0.497 e. The first-order valence-corrected chi connectivity index (χ1v) is 3.09. The van der Waals surface area contributed by atoms with Crippen LogP contribution in [0.3, 0.4) is 0 Å². The van der Waals surface area contributed by atoms with Crippen LogP contribution in [0, 0.1) is 0 Å². The zero-order chi connectivity index (χ0) is 8.53. The number of para-hydroxylation sites is 1. The van der Waals surface area contributed by atoms with Gasteiger partial charge in [0.15, 0.2) is 0 Å². The fourth-order valence-corrected chi connectivity index (χ4v) is 0.557. The summed E-state index contributed by atoms with van der Waals surface area (Å²) >= 11 is 0. The molecule has 60 valence electrons. The number of carbonyl (C=O) groups is 1. The molecule has 0 aliphatic rings. The molecule has 3 nitrogen and oxygen atoms in total. The third kappa shape index (κ3) is 4.96. The van der Waals surface area contributed by atoms with Gasteiger partial charge in [0.05, 0.1) is 7.11 Å². The highest BCUT2D eigenvalue weighted by molar-refractivity contribution is 5.42. The zero-order valence-electron chi connectivity index (χ0n) is 6.36. The van der Waals surface area contributed by atoms with Gasteiger partial charge in [0, 0.05) is 0 Å². The third-order valence-corrected chi connectivity index (χ3v) is 0.979. The van der Waals surface area contributed by atoms with E-state index in [9.17, 15) is 0 Å². The molecule has 1 amide bonds. The van der Waals surface area contributed by atoms with E-state index in [1.807, 2.05) is 30.3 Å². The van der Waals surface area contributed by atoms with Gasteiger partial charge in [-0.25, -0.2) is 0 Å². The summed E-state index contributed by atoms with van der Waals surface area (Å²) in [5, 5.41) is 0. The summed E-state index contributed by atoms with van der Waals surface area (Å²) in [5.41, 5.74) is 4.17. The summed E-state index contributed by atoms with van der Waals surface area (Å²) in [6.07, 6.45) is 0.250. The Morgan fingerprint density at radius 1 is 1.36 bits per heavy atom. The summed E-state index contributed by atoms with van der Waals surface area (Å²) in [6.45, 7) is 0. The Hall–Kier alpha value is -1.51. The summed E-state index contributed by atoms with van der Waals surface area (Å²) in [7, 11) is 1.66. The minimum atomic E-state index is 0.250. The van der Waals surface area contributed by atoms with E-state index in [2.05, 4.69) is 5.73 Å². The maximum Gasteiger partial charge on any atom is 0.204 e. The molecule has 0 aliphatic heterocycles. The van der Waals surface area contributed by atoms with Crippen molar-refractivity contribution in [1.29, 1.82) is 0 Å². The molecule has 0 unspecified atom stereocenters. The fraction of sp³-hybridized carbons (Fsp3) is 0.125. The van der Waals surface area contributed by atoms with Gasteiger partial charge in [-0.2, -0.15) is 0 Å². The molecule has 11 heavy (non-hydrogen) atoms. The Bertz CT molecular complexity index is 187. The Labute approximate surface area is 65.8 Å². The lowest BCUT2D eigenvalue weighted by Crippen LogP contribution is -1.82. The van der Waals surface area contributed by atoms with Gasteiger partial charge < -0.3 is 10.5 Å². The molecule has 0 saturated heterocycles. The van der Waals surface area contributed by atoms with Crippen LogP contribution < -0.4 is 10.5 Å². The predicted octanol–water partition coefficient (Wildman–Crippen LogP) is 0.797. The number of carbonyl (C=O) groups excluding carboxylic acids is 1. The molecule has 3 heteroatoms. The van der Waals surface area contributed by atoms with E-state index >= 15 is 0 Å². The van der Waals surface area contributed by atoms with Gasteiger partial charge in [-0.15, -0.1) is 0 Å². The second kappa shape index (κ2) is 6.61. The fourth-order valence-electron chi connectivity index (χ4n) is 0.557.